The lowest BCUT2D eigenvalue weighted by Gasteiger charge is -2.31. The van der Waals surface area contributed by atoms with Crippen molar-refractivity contribution in [1.29, 1.82) is 0 Å². The number of pyridine rings is 1. The van der Waals surface area contributed by atoms with Crippen molar-refractivity contribution in [3.63, 3.8) is 0 Å². The highest BCUT2D eigenvalue weighted by Gasteiger charge is 2.22. The highest BCUT2D eigenvalue weighted by molar-refractivity contribution is 9.10. The first-order valence-corrected chi connectivity index (χ1v) is 8.09. The number of nitrogens with zero attached hydrogens (tertiary/aromatic N) is 3. The molecule has 2 aromatic rings. The van der Waals surface area contributed by atoms with Gasteiger partial charge in [-0.3, -0.25) is 14.0 Å². The van der Waals surface area contributed by atoms with Gasteiger partial charge in [-0.2, -0.15) is 0 Å². The van der Waals surface area contributed by atoms with Crippen LogP contribution in [-0.2, 0) is 11.3 Å². The topological polar surface area (TPSA) is 59.1 Å². The van der Waals surface area contributed by atoms with Crippen molar-refractivity contribution in [2.24, 2.45) is 0 Å². The Morgan fingerprint density at radius 2 is 2.09 bits per heavy atom. The van der Waals surface area contributed by atoms with E-state index in [1.54, 1.807) is 19.2 Å². The summed E-state index contributed by atoms with van der Waals surface area (Å²) >= 11 is 3.36. The molecule has 0 radical (unpaired) electrons. The van der Waals surface area contributed by atoms with E-state index in [0.717, 1.165) is 36.3 Å². The quantitative estimate of drug-likeness (QED) is 0.795. The van der Waals surface area contributed by atoms with Gasteiger partial charge in [0.1, 0.15) is 17.9 Å². The molecule has 2 aromatic heterocycles. The number of fused-ring (bicyclic) bond motifs is 1. The number of piperazine rings is 1. The van der Waals surface area contributed by atoms with Crippen LogP contribution in [0.1, 0.15) is 12.6 Å². The number of amides is 1. The van der Waals surface area contributed by atoms with E-state index in [2.05, 4.69) is 20.9 Å². The maximum atomic E-state index is 12.2. The number of rotatable bonds is 2. The molecule has 7 heteroatoms. The minimum Gasteiger partial charge on any atom is -0.332 e. The molecule has 0 aliphatic carbocycles. The minimum atomic E-state index is -0.0666. The first-order valence-electron chi connectivity index (χ1n) is 7.30. The fourth-order valence-electron chi connectivity index (χ4n) is 2.79. The van der Waals surface area contributed by atoms with Crippen LogP contribution in [0.15, 0.2) is 33.7 Å². The number of hydrogen-bond donors (Lipinski definition) is 1. The standard InChI is InChI=1S/C15H17BrN4O2/c1-11(21)19-6-4-18(5-7-19)10-13-8-15(22)20-9-12(16)2-3-14(20)17-13/h2-3,8-9H,4-7,10H2,1H3/p+1. The van der Waals surface area contributed by atoms with Crippen molar-refractivity contribution in [2.45, 2.75) is 13.5 Å². The van der Waals surface area contributed by atoms with Gasteiger partial charge >= 0.3 is 0 Å². The van der Waals surface area contributed by atoms with Crippen molar-refractivity contribution < 1.29 is 9.69 Å². The van der Waals surface area contributed by atoms with Crippen molar-refractivity contribution >= 4 is 27.5 Å². The van der Waals surface area contributed by atoms with Gasteiger partial charge in [-0.15, -0.1) is 0 Å². The van der Waals surface area contributed by atoms with Crippen molar-refractivity contribution in [3.05, 3.63) is 44.9 Å². The Morgan fingerprint density at radius 3 is 2.77 bits per heavy atom. The van der Waals surface area contributed by atoms with Crippen LogP contribution in [0.3, 0.4) is 0 Å². The Bertz CT molecular complexity index is 766. The average Bonchev–Trinajstić information content (AvgIpc) is 2.49. The Balaban J connectivity index is 1.76. The van der Waals surface area contributed by atoms with Crippen LogP contribution in [0.2, 0.25) is 0 Å². The number of hydrogen-bond acceptors (Lipinski definition) is 3. The summed E-state index contributed by atoms with van der Waals surface area (Å²) in [6.07, 6.45) is 1.73. The normalized spacial score (nSPS) is 16.2. The molecule has 0 bridgehead atoms. The molecule has 0 saturated carbocycles. The van der Waals surface area contributed by atoms with E-state index in [9.17, 15) is 9.59 Å². The van der Waals surface area contributed by atoms with Gasteiger partial charge in [0.2, 0.25) is 5.91 Å². The number of quaternary nitrogens is 1. The zero-order chi connectivity index (χ0) is 15.7. The molecule has 1 fully saturated rings. The van der Waals surface area contributed by atoms with E-state index < -0.39 is 0 Å². The van der Waals surface area contributed by atoms with Crippen molar-refractivity contribution in [3.8, 4) is 0 Å². The van der Waals surface area contributed by atoms with E-state index in [0.29, 0.717) is 12.2 Å². The van der Waals surface area contributed by atoms with Crippen molar-refractivity contribution in [1.82, 2.24) is 14.3 Å². The largest absolute Gasteiger partial charge is 0.332 e. The van der Waals surface area contributed by atoms with E-state index in [-0.39, 0.29) is 11.5 Å². The van der Waals surface area contributed by atoms with Crippen LogP contribution >= 0.6 is 15.9 Å². The summed E-state index contributed by atoms with van der Waals surface area (Å²) in [7, 11) is 0. The SMILES string of the molecule is CC(=O)N1CC[NH+](Cc2cc(=O)n3cc(Br)ccc3n2)CC1. The third kappa shape index (κ3) is 3.20. The van der Waals surface area contributed by atoms with Gasteiger partial charge < -0.3 is 9.80 Å². The summed E-state index contributed by atoms with van der Waals surface area (Å²) in [5, 5.41) is 0. The molecule has 3 heterocycles. The summed E-state index contributed by atoms with van der Waals surface area (Å²) in [6, 6.07) is 5.31. The summed E-state index contributed by atoms with van der Waals surface area (Å²) in [6.45, 7) is 5.64. The van der Waals surface area contributed by atoms with Gasteiger partial charge in [-0.25, -0.2) is 4.98 Å². The first kappa shape index (κ1) is 15.2. The molecule has 0 aromatic carbocycles. The van der Waals surface area contributed by atoms with Crippen LogP contribution in [0.5, 0.6) is 0 Å². The molecule has 6 nitrogen and oxygen atoms in total. The maximum Gasteiger partial charge on any atom is 0.258 e. The fourth-order valence-corrected chi connectivity index (χ4v) is 3.12. The highest BCUT2D eigenvalue weighted by Crippen LogP contribution is 2.09. The van der Waals surface area contributed by atoms with Crippen LogP contribution < -0.4 is 10.5 Å². The summed E-state index contributed by atoms with van der Waals surface area (Å²) in [5.74, 6) is 0.131. The predicted octanol–water partition coefficient (Wildman–Crippen LogP) is -0.296. The molecule has 22 heavy (non-hydrogen) atoms. The molecule has 0 atom stereocenters. The van der Waals surface area contributed by atoms with Gasteiger partial charge in [0, 0.05) is 23.7 Å². The van der Waals surface area contributed by atoms with Gasteiger partial charge in [-0.1, -0.05) is 0 Å². The maximum absolute atomic E-state index is 12.2. The molecule has 116 valence electrons. The molecule has 3 rings (SSSR count). The van der Waals surface area contributed by atoms with E-state index in [1.807, 2.05) is 17.0 Å². The number of carbonyl (C=O) groups is 1. The second kappa shape index (κ2) is 6.18. The van der Waals surface area contributed by atoms with Gasteiger partial charge in [0.15, 0.2) is 0 Å². The molecule has 1 saturated heterocycles. The smallest absolute Gasteiger partial charge is 0.258 e. The lowest BCUT2D eigenvalue weighted by molar-refractivity contribution is -0.917. The first-order chi connectivity index (χ1) is 10.5. The molecule has 1 amide bonds. The molecular formula is C15H18BrN4O2+. The van der Waals surface area contributed by atoms with Gasteiger partial charge in [0.05, 0.1) is 26.2 Å². The number of nitrogens with one attached hydrogen (secondary N) is 1. The Hall–Kier alpha value is -1.73. The Morgan fingerprint density at radius 1 is 1.36 bits per heavy atom. The average molecular weight is 366 g/mol. The minimum absolute atomic E-state index is 0.0666. The molecular weight excluding hydrogens is 348 g/mol. The van der Waals surface area contributed by atoms with Crippen molar-refractivity contribution in [2.75, 3.05) is 26.2 Å². The zero-order valence-electron chi connectivity index (χ0n) is 12.4. The van der Waals surface area contributed by atoms with E-state index in [4.69, 9.17) is 0 Å². The molecule has 1 aliphatic heterocycles. The van der Waals surface area contributed by atoms with Gasteiger partial charge in [-0.05, 0) is 28.1 Å². The van der Waals surface area contributed by atoms with E-state index in [1.165, 1.54) is 9.30 Å². The van der Waals surface area contributed by atoms with Crippen LogP contribution in [0, 0.1) is 0 Å². The molecule has 1 N–H and O–H groups in total. The molecule has 0 unspecified atom stereocenters. The number of aromatic nitrogens is 2. The summed E-state index contributed by atoms with van der Waals surface area (Å²) in [4.78, 5) is 31.3. The zero-order valence-corrected chi connectivity index (χ0v) is 14.0. The Kier molecular flexibility index (Phi) is 4.26. The highest BCUT2D eigenvalue weighted by atomic mass is 79.9. The van der Waals surface area contributed by atoms with Gasteiger partial charge in [0.25, 0.3) is 5.56 Å². The summed E-state index contributed by atoms with van der Waals surface area (Å²) < 4.78 is 2.39. The van der Waals surface area contributed by atoms with E-state index >= 15 is 0 Å². The lowest BCUT2D eigenvalue weighted by Crippen LogP contribution is -3.13. The lowest BCUT2D eigenvalue weighted by atomic mass is 10.2. The number of halogens is 1. The van der Waals surface area contributed by atoms with Crippen LogP contribution in [-0.4, -0.2) is 46.4 Å². The molecule has 1 aliphatic rings. The predicted molar refractivity (Wildman–Crippen MR) is 85.8 cm³/mol. The second-order valence-corrected chi connectivity index (χ2v) is 6.51. The summed E-state index contributed by atoms with van der Waals surface area (Å²) in [5.41, 5.74) is 1.40. The fraction of sp³-hybridized carbons (Fsp3) is 0.400. The third-order valence-corrected chi connectivity index (χ3v) is 4.49. The number of carbonyl (C=O) groups excluding carboxylic acids is 1. The monoisotopic (exact) mass is 365 g/mol. The van der Waals surface area contributed by atoms with Crippen LogP contribution in [0.25, 0.3) is 5.65 Å². The Labute approximate surface area is 136 Å². The molecule has 0 spiro atoms. The third-order valence-electron chi connectivity index (χ3n) is 4.02. The second-order valence-electron chi connectivity index (χ2n) is 5.59. The van der Waals surface area contributed by atoms with Crippen LogP contribution in [0.4, 0.5) is 0 Å².